The fraction of sp³-hybridized carbons (Fsp3) is 0.333. The molecule has 0 saturated carbocycles. The topological polar surface area (TPSA) is 108 Å². The SMILES string of the molecule is COC(CN)C(=O)Nc1cccc(-n2nnnc2C)c1.Cl. The van der Waals surface area contributed by atoms with E-state index in [1.165, 1.54) is 7.11 Å². The maximum Gasteiger partial charge on any atom is 0.254 e. The minimum atomic E-state index is -0.673. The molecule has 0 spiro atoms. The summed E-state index contributed by atoms with van der Waals surface area (Å²) in [6.07, 6.45) is -0.673. The van der Waals surface area contributed by atoms with Crippen LogP contribution in [0.1, 0.15) is 5.82 Å². The van der Waals surface area contributed by atoms with Crippen LogP contribution < -0.4 is 11.1 Å². The maximum absolute atomic E-state index is 11.9. The summed E-state index contributed by atoms with van der Waals surface area (Å²) in [7, 11) is 1.44. The van der Waals surface area contributed by atoms with Gasteiger partial charge in [0.15, 0.2) is 5.82 Å². The Balaban J connectivity index is 0.00000220. The lowest BCUT2D eigenvalue weighted by atomic mass is 10.2. The predicted octanol–water partition coefficient (Wildman–Crippen LogP) is 0.305. The number of hydrogen-bond donors (Lipinski definition) is 2. The summed E-state index contributed by atoms with van der Waals surface area (Å²) in [6, 6.07) is 7.18. The molecule has 1 heterocycles. The normalized spacial score (nSPS) is 11.6. The van der Waals surface area contributed by atoms with Gasteiger partial charge < -0.3 is 15.8 Å². The minimum Gasteiger partial charge on any atom is -0.370 e. The van der Waals surface area contributed by atoms with Gasteiger partial charge in [0.05, 0.1) is 5.69 Å². The average Bonchev–Trinajstić information content (AvgIpc) is 2.86. The first-order valence-corrected chi connectivity index (χ1v) is 6.05. The van der Waals surface area contributed by atoms with Crippen LogP contribution in [0.25, 0.3) is 5.69 Å². The molecule has 1 aromatic heterocycles. The number of halogens is 1. The predicted molar refractivity (Wildman–Crippen MR) is 79.6 cm³/mol. The molecule has 0 bridgehead atoms. The highest BCUT2D eigenvalue weighted by Crippen LogP contribution is 2.15. The van der Waals surface area contributed by atoms with E-state index in [0.717, 1.165) is 5.69 Å². The van der Waals surface area contributed by atoms with E-state index in [4.69, 9.17) is 10.5 Å². The Labute approximate surface area is 128 Å². The van der Waals surface area contributed by atoms with Crippen molar-refractivity contribution in [2.45, 2.75) is 13.0 Å². The molecule has 114 valence electrons. The van der Waals surface area contributed by atoms with Crippen LogP contribution in [0, 0.1) is 6.92 Å². The van der Waals surface area contributed by atoms with Crippen LogP contribution in [0.3, 0.4) is 0 Å². The second kappa shape index (κ2) is 7.67. The molecule has 1 aromatic carbocycles. The number of amides is 1. The third-order valence-electron chi connectivity index (χ3n) is 2.77. The van der Waals surface area contributed by atoms with Crippen LogP contribution in [-0.2, 0) is 9.53 Å². The number of tetrazole rings is 1. The lowest BCUT2D eigenvalue weighted by molar-refractivity contribution is -0.125. The fourth-order valence-electron chi connectivity index (χ4n) is 1.72. The average molecular weight is 313 g/mol. The zero-order chi connectivity index (χ0) is 14.5. The van der Waals surface area contributed by atoms with Crippen LogP contribution in [0.15, 0.2) is 24.3 Å². The van der Waals surface area contributed by atoms with Gasteiger partial charge in [-0.05, 0) is 35.5 Å². The number of carbonyl (C=O) groups is 1. The zero-order valence-corrected chi connectivity index (χ0v) is 12.5. The molecule has 0 aliphatic heterocycles. The van der Waals surface area contributed by atoms with Crippen molar-refractivity contribution in [2.24, 2.45) is 5.73 Å². The summed E-state index contributed by atoms with van der Waals surface area (Å²) in [5, 5.41) is 14.0. The van der Waals surface area contributed by atoms with Crippen molar-refractivity contribution in [2.75, 3.05) is 19.0 Å². The van der Waals surface area contributed by atoms with Gasteiger partial charge in [0.1, 0.15) is 6.10 Å². The number of benzene rings is 1. The highest BCUT2D eigenvalue weighted by Gasteiger charge is 2.16. The second-order valence-electron chi connectivity index (χ2n) is 4.14. The molecular weight excluding hydrogens is 296 g/mol. The summed E-state index contributed by atoms with van der Waals surface area (Å²) in [4.78, 5) is 11.9. The van der Waals surface area contributed by atoms with Crippen LogP contribution in [0.4, 0.5) is 5.69 Å². The first-order chi connectivity index (χ1) is 9.65. The minimum absolute atomic E-state index is 0. The molecule has 2 aromatic rings. The van der Waals surface area contributed by atoms with E-state index in [1.807, 2.05) is 6.07 Å². The lowest BCUT2D eigenvalue weighted by Gasteiger charge is -2.13. The Morgan fingerprint density at radius 3 is 2.86 bits per heavy atom. The largest absolute Gasteiger partial charge is 0.370 e. The van der Waals surface area contributed by atoms with Crippen LogP contribution in [0.5, 0.6) is 0 Å². The number of nitrogens with two attached hydrogens (primary N) is 1. The van der Waals surface area contributed by atoms with Crippen LogP contribution >= 0.6 is 12.4 Å². The molecule has 0 fully saturated rings. The van der Waals surface area contributed by atoms with Gasteiger partial charge in [-0.2, -0.15) is 4.68 Å². The number of aromatic nitrogens is 4. The van der Waals surface area contributed by atoms with E-state index in [2.05, 4.69) is 20.8 Å². The summed E-state index contributed by atoms with van der Waals surface area (Å²) < 4.78 is 6.56. The third-order valence-corrected chi connectivity index (χ3v) is 2.77. The monoisotopic (exact) mass is 312 g/mol. The number of aryl methyl sites for hydroxylation is 1. The summed E-state index contributed by atoms with van der Waals surface area (Å²) in [5.74, 6) is 0.366. The number of nitrogens with one attached hydrogen (secondary N) is 1. The quantitative estimate of drug-likeness (QED) is 0.822. The number of ether oxygens (including phenoxy) is 1. The number of methoxy groups -OCH3 is 1. The van der Waals surface area contributed by atoms with E-state index < -0.39 is 6.10 Å². The van der Waals surface area contributed by atoms with Crippen molar-refractivity contribution in [3.05, 3.63) is 30.1 Å². The molecular formula is C12H17ClN6O2. The van der Waals surface area contributed by atoms with Gasteiger partial charge >= 0.3 is 0 Å². The second-order valence-corrected chi connectivity index (χ2v) is 4.14. The van der Waals surface area contributed by atoms with Gasteiger partial charge in [0, 0.05) is 19.3 Å². The Bertz CT molecular complexity index is 599. The summed E-state index contributed by atoms with van der Waals surface area (Å²) in [6.45, 7) is 1.91. The molecule has 21 heavy (non-hydrogen) atoms. The molecule has 3 N–H and O–H groups in total. The highest BCUT2D eigenvalue weighted by molar-refractivity contribution is 5.94. The van der Waals surface area contributed by atoms with Gasteiger partial charge in [-0.25, -0.2) is 0 Å². The van der Waals surface area contributed by atoms with E-state index in [-0.39, 0.29) is 24.9 Å². The molecule has 2 rings (SSSR count). The van der Waals surface area contributed by atoms with E-state index in [0.29, 0.717) is 11.5 Å². The molecule has 8 nitrogen and oxygen atoms in total. The van der Waals surface area contributed by atoms with Crippen molar-refractivity contribution >= 4 is 24.0 Å². The zero-order valence-electron chi connectivity index (χ0n) is 11.7. The molecule has 9 heteroatoms. The Hall–Kier alpha value is -2.03. The van der Waals surface area contributed by atoms with Crippen LogP contribution in [0.2, 0.25) is 0 Å². The van der Waals surface area contributed by atoms with Crippen molar-refractivity contribution < 1.29 is 9.53 Å². The first-order valence-electron chi connectivity index (χ1n) is 6.05. The van der Waals surface area contributed by atoms with E-state index in [1.54, 1.807) is 29.8 Å². The Kier molecular flexibility index (Phi) is 6.22. The van der Waals surface area contributed by atoms with Gasteiger partial charge in [-0.15, -0.1) is 17.5 Å². The highest BCUT2D eigenvalue weighted by atomic mass is 35.5. The third kappa shape index (κ3) is 3.97. The molecule has 1 amide bonds. The summed E-state index contributed by atoms with van der Waals surface area (Å²) >= 11 is 0. The molecule has 0 saturated heterocycles. The van der Waals surface area contributed by atoms with E-state index in [9.17, 15) is 4.79 Å². The van der Waals surface area contributed by atoms with E-state index >= 15 is 0 Å². The van der Waals surface area contributed by atoms with Crippen molar-refractivity contribution in [3.63, 3.8) is 0 Å². The smallest absolute Gasteiger partial charge is 0.254 e. The molecule has 0 radical (unpaired) electrons. The summed E-state index contributed by atoms with van der Waals surface area (Å²) in [5.41, 5.74) is 6.83. The van der Waals surface area contributed by atoms with Gasteiger partial charge in [-0.1, -0.05) is 6.07 Å². The Morgan fingerprint density at radius 1 is 1.52 bits per heavy atom. The molecule has 0 aliphatic carbocycles. The number of anilines is 1. The van der Waals surface area contributed by atoms with Crippen molar-refractivity contribution in [1.29, 1.82) is 0 Å². The standard InChI is InChI=1S/C12H16N6O2.ClH/c1-8-15-16-17-18(8)10-5-3-4-9(6-10)14-12(19)11(7-13)20-2;/h3-6,11H,7,13H2,1-2H3,(H,14,19);1H. The fourth-order valence-corrected chi connectivity index (χ4v) is 1.72. The van der Waals surface area contributed by atoms with Crippen molar-refractivity contribution in [3.8, 4) is 5.69 Å². The molecule has 0 aliphatic rings. The van der Waals surface area contributed by atoms with Crippen LogP contribution in [-0.4, -0.2) is 45.9 Å². The van der Waals surface area contributed by atoms with Crippen molar-refractivity contribution in [1.82, 2.24) is 20.2 Å². The number of hydrogen-bond acceptors (Lipinski definition) is 6. The van der Waals surface area contributed by atoms with Gasteiger partial charge in [0.25, 0.3) is 5.91 Å². The van der Waals surface area contributed by atoms with Gasteiger partial charge in [-0.3, -0.25) is 4.79 Å². The number of rotatable bonds is 5. The number of nitrogens with zero attached hydrogens (tertiary/aromatic N) is 4. The molecule has 1 unspecified atom stereocenters. The maximum atomic E-state index is 11.9. The number of carbonyl (C=O) groups excluding carboxylic acids is 1. The van der Waals surface area contributed by atoms with Gasteiger partial charge in [0.2, 0.25) is 0 Å². The first kappa shape index (κ1) is 17.0. The molecule has 1 atom stereocenters. The lowest BCUT2D eigenvalue weighted by Crippen LogP contribution is -2.35. The Morgan fingerprint density at radius 2 is 2.29 bits per heavy atom.